The number of likely N-dealkylation sites (N-methyl/N-ethyl adjacent to an activating group) is 1. The van der Waals surface area contributed by atoms with Gasteiger partial charge in [-0.25, -0.2) is 0 Å². The highest BCUT2D eigenvalue weighted by atomic mass is 19.4. The molecule has 0 aliphatic carbocycles. The number of nitrogens with one attached hydrogen (secondary N) is 1. The Morgan fingerprint density at radius 2 is 2.00 bits per heavy atom. The van der Waals surface area contributed by atoms with Gasteiger partial charge in [0.15, 0.2) is 0 Å². The third-order valence-corrected chi connectivity index (χ3v) is 1.42. The van der Waals surface area contributed by atoms with Crippen LogP contribution in [0.3, 0.4) is 0 Å². The Kier molecular flexibility index (Phi) is 4.83. The minimum Gasteiger partial charge on any atom is -0.345 e. The molecule has 0 aromatic heterocycles. The molecule has 15 heavy (non-hydrogen) atoms. The molecule has 0 fully saturated rings. The van der Waals surface area contributed by atoms with Gasteiger partial charge in [0.05, 0.1) is 6.54 Å². The first-order chi connectivity index (χ1) is 6.76. The van der Waals surface area contributed by atoms with Crippen LogP contribution in [-0.4, -0.2) is 43.0 Å². The van der Waals surface area contributed by atoms with E-state index >= 15 is 0 Å². The SMILES string of the molecule is C=CC(=O)N(C)CC(=O)NCC(F)(F)F. The van der Waals surface area contributed by atoms with E-state index in [1.54, 1.807) is 5.32 Å². The van der Waals surface area contributed by atoms with Crippen LogP contribution in [-0.2, 0) is 9.59 Å². The molecule has 0 aliphatic heterocycles. The fourth-order valence-electron chi connectivity index (χ4n) is 0.704. The van der Waals surface area contributed by atoms with Gasteiger partial charge in [-0.2, -0.15) is 13.2 Å². The summed E-state index contributed by atoms with van der Waals surface area (Å²) in [5.74, 6) is -1.40. The predicted molar refractivity (Wildman–Crippen MR) is 46.9 cm³/mol. The van der Waals surface area contributed by atoms with Gasteiger partial charge >= 0.3 is 6.18 Å². The lowest BCUT2D eigenvalue weighted by atomic mass is 10.4. The molecule has 0 unspecified atom stereocenters. The lowest BCUT2D eigenvalue weighted by Crippen LogP contribution is -2.41. The predicted octanol–water partition coefficient (Wildman–Crippen LogP) is 0.309. The average molecular weight is 224 g/mol. The van der Waals surface area contributed by atoms with Crippen LogP contribution in [0, 0.1) is 0 Å². The summed E-state index contributed by atoms with van der Waals surface area (Å²) in [6, 6.07) is 0. The minimum absolute atomic E-state index is 0.430. The monoisotopic (exact) mass is 224 g/mol. The number of nitrogens with zero attached hydrogens (tertiary/aromatic N) is 1. The number of hydrogen-bond acceptors (Lipinski definition) is 2. The van der Waals surface area contributed by atoms with Crippen molar-refractivity contribution in [1.82, 2.24) is 10.2 Å². The van der Waals surface area contributed by atoms with E-state index in [2.05, 4.69) is 6.58 Å². The van der Waals surface area contributed by atoms with Crippen molar-refractivity contribution in [3.8, 4) is 0 Å². The molecule has 0 aromatic rings. The van der Waals surface area contributed by atoms with Crippen molar-refractivity contribution in [1.29, 1.82) is 0 Å². The lowest BCUT2D eigenvalue weighted by molar-refractivity contribution is -0.140. The maximum absolute atomic E-state index is 11.7. The largest absolute Gasteiger partial charge is 0.405 e. The van der Waals surface area contributed by atoms with Crippen molar-refractivity contribution in [3.05, 3.63) is 12.7 Å². The smallest absolute Gasteiger partial charge is 0.345 e. The summed E-state index contributed by atoms with van der Waals surface area (Å²) in [5.41, 5.74) is 0. The highest BCUT2D eigenvalue weighted by Crippen LogP contribution is 2.11. The summed E-state index contributed by atoms with van der Waals surface area (Å²) in [6.45, 7) is 1.34. The molecular weight excluding hydrogens is 213 g/mol. The summed E-state index contributed by atoms with van der Waals surface area (Å²) in [4.78, 5) is 22.7. The fourth-order valence-corrected chi connectivity index (χ4v) is 0.704. The van der Waals surface area contributed by atoms with E-state index in [1.807, 2.05) is 0 Å². The number of amides is 2. The Morgan fingerprint density at radius 1 is 1.47 bits per heavy atom. The van der Waals surface area contributed by atoms with Crippen molar-refractivity contribution in [2.75, 3.05) is 20.1 Å². The van der Waals surface area contributed by atoms with E-state index in [-0.39, 0.29) is 0 Å². The summed E-state index contributed by atoms with van der Waals surface area (Å²) < 4.78 is 35.0. The number of hydrogen-bond donors (Lipinski definition) is 1. The zero-order valence-corrected chi connectivity index (χ0v) is 8.10. The molecule has 0 heterocycles. The molecular formula is C8H11F3N2O2. The van der Waals surface area contributed by atoms with Crippen LogP contribution in [0.25, 0.3) is 0 Å². The minimum atomic E-state index is -4.45. The van der Waals surface area contributed by atoms with E-state index in [0.717, 1.165) is 11.0 Å². The second-order valence-corrected chi connectivity index (χ2v) is 2.79. The Morgan fingerprint density at radius 3 is 2.40 bits per heavy atom. The van der Waals surface area contributed by atoms with Gasteiger partial charge in [0.25, 0.3) is 0 Å². The van der Waals surface area contributed by atoms with Gasteiger partial charge in [0.2, 0.25) is 11.8 Å². The van der Waals surface area contributed by atoms with Gasteiger partial charge in [-0.15, -0.1) is 0 Å². The molecule has 2 amide bonds. The topological polar surface area (TPSA) is 49.4 Å². The van der Waals surface area contributed by atoms with Crippen LogP contribution in [0.2, 0.25) is 0 Å². The van der Waals surface area contributed by atoms with Crippen molar-refractivity contribution in [2.45, 2.75) is 6.18 Å². The van der Waals surface area contributed by atoms with Crippen LogP contribution >= 0.6 is 0 Å². The average Bonchev–Trinajstić information content (AvgIpc) is 2.12. The molecule has 0 aliphatic rings. The molecule has 0 saturated carbocycles. The molecule has 0 aromatic carbocycles. The molecule has 86 valence electrons. The zero-order valence-electron chi connectivity index (χ0n) is 8.10. The molecule has 0 saturated heterocycles. The first-order valence-electron chi connectivity index (χ1n) is 3.97. The third-order valence-electron chi connectivity index (χ3n) is 1.42. The van der Waals surface area contributed by atoms with E-state index in [9.17, 15) is 22.8 Å². The quantitative estimate of drug-likeness (QED) is 0.698. The molecule has 0 rings (SSSR count). The Labute approximate surface area is 84.7 Å². The maximum Gasteiger partial charge on any atom is 0.405 e. The number of rotatable bonds is 4. The summed E-state index contributed by atoms with van der Waals surface area (Å²) in [7, 11) is 1.29. The van der Waals surface area contributed by atoms with Crippen LogP contribution in [0.5, 0.6) is 0 Å². The molecule has 4 nitrogen and oxygen atoms in total. The summed E-state index contributed by atoms with van der Waals surface area (Å²) in [6.07, 6.45) is -3.48. The number of halogens is 3. The first kappa shape index (κ1) is 13.5. The van der Waals surface area contributed by atoms with Crippen LogP contribution in [0.1, 0.15) is 0 Å². The van der Waals surface area contributed by atoms with Gasteiger partial charge in [-0.1, -0.05) is 6.58 Å². The third kappa shape index (κ3) is 6.53. The van der Waals surface area contributed by atoms with Gasteiger partial charge < -0.3 is 10.2 Å². The summed E-state index contributed by atoms with van der Waals surface area (Å²) >= 11 is 0. The highest BCUT2D eigenvalue weighted by Gasteiger charge is 2.27. The highest BCUT2D eigenvalue weighted by molar-refractivity contribution is 5.90. The van der Waals surface area contributed by atoms with Crippen molar-refractivity contribution in [3.63, 3.8) is 0 Å². The van der Waals surface area contributed by atoms with Gasteiger partial charge in [0.1, 0.15) is 6.54 Å². The molecule has 0 atom stereocenters. The van der Waals surface area contributed by atoms with E-state index in [0.29, 0.717) is 0 Å². The van der Waals surface area contributed by atoms with Crippen LogP contribution in [0.4, 0.5) is 13.2 Å². The maximum atomic E-state index is 11.7. The zero-order chi connectivity index (χ0) is 12.1. The van der Waals surface area contributed by atoms with Crippen molar-refractivity contribution in [2.24, 2.45) is 0 Å². The van der Waals surface area contributed by atoms with Crippen LogP contribution in [0.15, 0.2) is 12.7 Å². The van der Waals surface area contributed by atoms with Gasteiger partial charge in [0, 0.05) is 7.05 Å². The molecule has 7 heteroatoms. The molecule has 0 spiro atoms. The van der Waals surface area contributed by atoms with E-state index in [1.165, 1.54) is 7.05 Å². The summed E-state index contributed by atoms with van der Waals surface area (Å²) in [5, 5.41) is 1.64. The standard InChI is InChI=1S/C8H11F3N2O2/c1-3-7(15)13(2)4-6(14)12-5-8(9,10)11/h3H,1,4-5H2,2H3,(H,12,14). The first-order valence-corrected chi connectivity index (χ1v) is 3.97. The second kappa shape index (κ2) is 5.38. The van der Waals surface area contributed by atoms with Gasteiger partial charge in [-0.3, -0.25) is 9.59 Å². The Bertz CT molecular complexity index is 263. The number of alkyl halides is 3. The van der Waals surface area contributed by atoms with Crippen LogP contribution < -0.4 is 5.32 Å². The second-order valence-electron chi connectivity index (χ2n) is 2.79. The number of carbonyl (C=O) groups is 2. The molecule has 1 N–H and O–H groups in total. The van der Waals surface area contributed by atoms with Gasteiger partial charge in [-0.05, 0) is 6.08 Å². The fraction of sp³-hybridized carbons (Fsp3) is 0.500. The Balaban J connectivity index is 3.94. The van der Waals surface area contributed by atoms with E-state index < -0.39 is 31.1 Å². The Hall–Kier alpha value is -1.53. The lowest BCUT2D eigenvalue weighted by Gasteiger charge is -2.15. The van der Waals surface area contributed by atoms with E-state index in [4.69, 9.17) is 0 Å². The molecule has 0 radical (unpaired) electrons. The number of carbonyl (C=O) groups excluding carboxylic acids is 2. The van der Waals surface area contributed by atoms with Crippen molar-refractivity contribution >= 4 is 11.8 Å². The molecule has 0 bridgehead atoms. The normalized spacial score (nSPS) is 10.7. The van der Waals surface area contributed by atoms with Crippen molar-refractivity contribution < 1.29 is 22.8 Å².